The van der Waals surface area contributed by atoms with Gasteiger partial charge in [0.05, 0.1) is 29.8 Å². The number of nitrogens with zero attached hydrogens (tertiary/aromatic N) is 9. The summed E-state index contributed by atoms with van der Waals surface area (Å²) in [6.45, 7) is 8.33. The van der Waals surface area contributed by atoms with Crippen LogP contribution in [0.5, 0.6) is 0 Å². The van der Waals surface area contributed by atoms with E-state index in [-0.39, 0.29) is 49.3 Å². The fourth-order valence-corrected chi connectivity index (χ4v) is 11.5. The molecule has 3 aromatic heterocycles. The van der Waals surface area contributed by atoms with E-state index in [0.29, 0.717) is 56.4 Å². The summed E-state index contributed by atoms with van der Waals surface area (Å²) in [6.07, 6.45) is 11.1. The molecule has 0 radical (unpaired) electrons. The van der Waals surface area contributed by atoms with Crippen molar-refractivity contribution in [1.29, 1.82) is 0 Å². The van der Waals surface area contributed by atoms with Crippen molar-refractivity contribution < 1.29 is 28.8 Å². The number of unbranched alkanes of at least 4 members (excludes halogenated alkanes) is 7. The van der Waals surface area contributed by atoms with Crippen LogP contribution < -0.4 is 15.5 Å². The highest BCUT2D eigenvalue weighted by molar-refractivity contribution is 7.15. The van der Waals surface area contributed by atoms with Gasteiger partial charge in [-0.25, -0.2) is 9.97 Å². The largest absolute Gasteiger partial charge is 0.356 e. The molecular formula is C48H56ClN11O6S. The lowest BCUT2D eigenvalue weighted by Crippen LogP contribution is -2.62. The van der Waals surface area contributed by atoms with Crippen LogP contribution in [0.1, 0.15) is 134 Å². The number of aryl methyl sites for hydroxylation is 2. The predicted molar refractivity (Wildman–Crippen MR) is 251 cm³/mol. The number of rotatable bonds is 16. The van der Waals surface area contributed by atoms with Gasteiger partial charge in [0, 0.05) is 72.0 Å². The van der Waals surface area contributed by atoms with Crippen molar-refractivity contribution in [3.8, 4) is 5.00 Å². The number of carbonyl (C=O) groups is 6. The molecule has 1 aromatic carbocycles. The summed E-state index contributed by atoms with van der Waals surface area (Å²) in [4.78, 5) is 97.6. The molecule has 8 heterocycles. The summed E-state index contributed by atoms with van der Waals surface area (Å²) < 4.78 is 2.06. The minimum Gasteiger partial charge on any atom is -0.356 e. The monoisotopic (exact) mass is 949 g/mol. The van der Waals surface area contributed by atoms with Crippen molar-refractivity contribution in [2.45, 2.75) is 129 Å². The minimum absolute atomic E-state index is 0.0216. The summed E-state index contributed by atoms with van der Waals surface area (Å²) >= 11 is 7.93. The van der Waals surface area contributed by atoms with Crippen LogP contribution in [0.3, 0.4) is 0 Å². The number of benzene rings is 1. The number of fused-ring (bicyclic) bond motifs is 4. The molecule has 19 heteroatoms. The molecule has 0 saturated carbocycles. The fourth-order valence-electron chi connectivity index (χ4n) is 10.2. The topological polar surface area (TPSA) is 205 Å². The van der Waals surface area contributed by atoms with Crippen LogP contribution in [0.15, 0.2) is 35.6 Å². The van der Waals surface area contributed by atoms with E-state index in [9.17, 15) is 28.8 Å². The van der Waals surface area contributed by atoms with Crippen LogP contribution in [0.2, 0.25) is 5.02 Å². The number of piperidine rings is 1. The molecule has 6 amide bonds. The Labute approximate surface area is 398 Å². The normalized spacial score (nSPS) is 19.7. The molecule has 3 saturated heterocycles. The Morgan fingerprint density at radius 2 is 1.66 bits per heavy atom. The first-order chi connectivity index (χ1) is 32.3. The van der Waals surface area contributed by atoms with Crippen LogP contribution in [0, 0.1) is 26.2 Å². The molecular weight excluding hydrogens is 894 g/mol. The number of thiophene rings is 1. The third-order valence-electron chi connectivity index (χ3n) is 14.0. The maximum Gasteiger partial charge on any atom is 0.249 e. The molecule has 5 aliphatic rings. The molecule has 4 aromatic rings. The molecule has 2 atom stereocenters. The van der Waals surface area contributed by atoms with Gasteiger partial charge in [-0.05, 0) is 64.2 Å². The zero-order valence-electron chi connectivity index (χ0n) is 38.2. The Balaban J connectivity index is 0.666. The summed E-state index contributed by atoms with van der Waals surface area (Å²) in [6, 6.07) is 6.21. The van der Waals surface area contributed by atoms with Gasteiger partial charge in [0.2, 0.25) is 35.4 Å². The van der Waals surface area contributed by atoms with E-state index in [1.807, 2.05) is 41.0 Å². The first kappa shape index (κ1) is 46.2. The number of carbonyl (C=O) groups excluding carboxylic acids is 6. The van der Waals surface area contributed by atoms with Gasteiger partial charge in [-0.2, -0.15) is 0 Å². The van der Waals surface area contributed by atoms with Crippen molar-refractivity contribution in [1.82, 2.24) is 45.2 Å². The van der Waals surface area contributed by atoms with Gasteiger partial charge in [0.1, 0.15) is 35.1 Å². The molecule has 1 unspecified atom stereocenters. The van der Waals surface area contributed by atoms with Gasteiger partial charge >= 0.3 is 0 Å². The maximum atomic E-state index is 13.5. The lowest BCUT2D eigenvalue weighted by Gasteiger charge is -2.47. The SMILES string of the molecule is Cc1sc2c(c1C)C(c1ccc(Cl)cc1)=N[C@@H](CC(=O)NCCCCCCCCCCC(=O)N1CCc3c(ncnc3N3CC4(CC(=O)N(C5CCC(=O)NC5=O)C4=O)C3)C1)c1nnc(C)n1-2. The number of hydrogen-bond donors (Lipinski definition) is 2. The number of hydrogen-bond acceptors (Lipinski definition) is 13. The molecule has 352 valence electrons. The molecule has 67 heavy (non-hydrogen) atoms. The van der Waals surface area contributed by atoms with Crippen LogP contribution in [-0.4, -0.2) is 108 Å². The van der Waals surface area contributed by atoms with E-state index in [1.165, 1.54) is 11.2 Å². The average Bonchev–Trinajstić information content (AvgIpc) is 3.88. The highest BCUT2D eigenvalue weighted by Gasteiger charge is 2.61. The zero-order chi connectivity index (χ0) is 47.0. The zero-order valence-corrected chi connectivity index (χ0v) is 39.8. The molecule has 17 nitrogen and oxygen atoms in total. The second kappa shape index (κ2) is 19.4. The average molecular weight is 951 g/mol. The highest BCUT2D eigenvalue weighted by atomic mass is 35.5. The summed E-state index contributed by atoms with van der Waals surface area (Å²) in [5, 5.41) is 15.9. The van der Waals surface area contributed by atoms with E-state index < -0.39 is 29.3 Å². The number of aromatic nitrogens is 5. The Kier molecular flexibility index (Phi) is 13.4. The van der Waals surface area contributed by atoms with E-state index >= 15 is 0 Å². The standard InChI is InChI=1S/C48H56ClN11O6S/c1-28-29(2)67-46-41(28)42(31-13-15-32(49)16-14-31)53-34(44-56-55-30(3)59(44)46)22-38(62)50-20-11-9-7-5-4-6-8-10-12-39(63)57-21-19-33-35(24-57)51-27-52-43(33)58-25-48(26-58)23-40(64)60(47(48)66)36-17-18-37(61)54-45(36)65/h13-16,27,34,36H,4-12,17-26H2,1-3H3,(H,50,62)(H,54,61,65)/t34-,36?/m0/s1. The number of halogens is 1. The number of likely N-dealkylation sites (tertiary alicyclic amines) is 1. The van der Waals surface area contributed by atoms with Crippen LogP contribution >= 0.6 is 22.9 Å². The molecule has 9 rings (SSSR count). The van der Waals surface area contributed by atoms with Crippen molar-refractivity contribution in [2.24, 2.45) is 10.4 Å². The lowest BCUT2D eigenvalue weighted by atomic mass is 9.77. The van der Waals surface area contributed by atoms with Gasteiger partial charge < -0.3 is 15.1 Å². The Bertz CT molecular complexity index is 2650. The number of nitrogens with one attached hydrogen (secondary N) is 2. The predicted octanol–water partition coefficient (Wildman–Crippen LogP) is 5.56. The maximum absolute atomic E-state index is 13.5. The minimum atomic E-state index is -0.954. The second-order valence-electron chi connectivity index (χ2n) is 18.6. The first-order valence-corrected chi connectivity index (χ1v) is 24.7. The smallest absolute Gasteiger partial charge is 0.249 e. The summed E-state index contributed by atoms with van der Waals surface area (Å²) in [7, 11) is 0. The number of anilines is 1. The van der Waals surface area contributed by atoms with Gasteiger partial charge in [-0.1, -0.05) is 62.3 Å². The van der Waals surface area contributed by atoms with E-state index in [2.05, 4.69) is 49.2 Å². The van der Waals surface area contributed by atoms with Crippen LogP contribution in [0.4, 0.5) is 5.82 Å². The number of amides is 6. The van der Waals surface area contributed by atoms with Gasteiger partial charge in [0.25, 0.3) is 0 Å². The van der Waals surface area contributed by atoms with E-state index in [1.54, 1.807) is 11.3 Å². The number of imide groups is 2. The summed E-state index contributed by atoms with van der Waals surface area (Å²) in [5.41, 5.74) is 4.79. The Hall–Kier alpha value is -5.88. The van der Waals surface area contributed by atoms with Crippen molar-refractivity contribution in [2.75, 3.05) is 31.1 Å². The lowest BCUT2D eigenvalue weighted by molar-refractivity contribution is -0.152. The van der Waals surface area contributed by atoms with Gasteiger partial charge in [-0.15, -0.1) is 21.5 Å². The molecule has 2 N–H and O–H groups in total. The third-order valence-corrected chi connectivity index (χ3v) is 15.4. The van der Waals surface area contributed by atoms with Gasteiger partial charge in [0.15, 0.2) is 5.82 Å². The molecule has 0 bridgehead atoms. The Morgan fingerprint density at radius 1 is 0.925 bits per heavy atom. The van der Waals surface area contributed by atoms with E-state index in [4.69, 9.17) is 16.6 Å². The quantitative estimate of drug-likeness (QED) is 0.105. The first-order valence-electron chi connectivity index (χ1n) is 23.5. The van der Waals surface area contributed by atoms with Crippen molar-refractivity contribution >= 4 is 69.9 Å². The van der Waals surface area contributed by atoms with Crippen LogP contribution in [-0.2, 0) is 41.7 Å². The molecule has 0 aliphatic carbocycles. The van der Waals surface area contributed by atoms with Crippen molar-refractivity contribution in [3.05, 3.63) is 80.1 Å². The molecule has 1 spiro atoms. The third kappa shape index (κ3) is 9.26. The number of aliphatic imine (C=N–C) groups is 1. The fraction of sp³-hybridized carbons (Fsp3) is 0.521. The van der Waals surface area contributed by atoms with Crippen LogP contribution in [0.25, 0.3) is 5.00 Å². The highest BCUT2D eigenvalue weighted by Crippen LogP contribution is 2.46. The second-order valence-corrected chi connectivity index (χ2v) is 20.2. The molecule has 3 fully saturated rings. The van der Waals surface area contributed by atoms with Crippen molar-refractivity contribution in [3.63, 3.8) is 0 Å². The molecule has 5 aliphatic heterocycles. The van der Waals surface area contributed by atoms with E-state index in [0.717, 1.165) is 107 Å². The van der Waals surface area contributed by atoms with Gasteiger partial charge in [-0.3, -0.25) is 48.5 Å². The summed E-state index contributed by atoms with van der Waals surface area (Å²) in [5.74, 6) is 0.443. The Morgan fingerprint density at radius 3 is 2.40 bits per heavy atom.